The van der Waals surface area contributed by atoms with Gasteiger partial charge in [0.25, 0.3) is 0 Å². The lowest BCUT2D eigenvalue weighted by Gasteiger charge is -2.07. The van der Waals surface area contributed by atoms with Crippen LogP contribution in [0.3, 0.4) is 0 Å². The zero-order chi connectivity index (χ0) is 14.4. The first-order valence-electron chi connectivity index (χ1n) is 6.49. The number of fused-ring (bicyclic) bond motifs is 1. The number of ether oxygens (including phenoxy) is 1. The average Bonchev–Trinajstić information content (AvgIpc) is 2.42. The molecular formula is C17H18N2O. The van der Waals surface area contributed by atoms with Crippen molar-refractivity contribution in [2.75, 3.05) is 6.61 Å². The van der Waals surface area contributed by atoms with Crippen LogP contribution >= 0.6 is 0 Å². The van der Waals surface area contributed by atoms with Gasteiger partial charge in [-0.2, -0.15) is 0 Å². The Morgan fingerprint density at radius 1 is 1.25 bits per heavy atom. The van der Waals surface area contributed by atoms with Gasteiger partial charge in [0.15, 0.2) is 0 Å². The van der Waals surface area contributed by atoms with E-state index in [2.05, 4.69) is 35.8 Å². The van der Waals surface area contributed by atoms with Crippen LogP contribution in [0.5, 0.6) is 5.75 Å². The monoisotopic (exact) mass is 266 g/mol. The molecule has 1 heterocycles. The lowest BCUT2D eigenvalue weighted by Crippen LogP contribution is -1.94. The molecule has 0 saturated heterocycles. The zero-order valence-electron chi connectivity index (χ0n) is 11.8. The van der Waals surface area contributed by atoms with E-state index in [4.69, 9.17) is 4.74 Å². The Morgan fingerprint density at radius 2 is 2.10 bits per heavy atom. The van der Waals surface area contributed by atoms with Gasteiger partial charge in [0.05, 0.1) is 5.52 Å². The highest BCUT2D eigenvalue weighted by Gasteiger charge is 2.02. The second-order valence-electron chi connectivity index (χ2n) is 4.52. The second-order valence-corrected chi connectivity index (χ2v) is 4.52. The van der Waals surface area contributed by atoms with Crippen molar-refractivity contribution in [3.8, 4) is 5.75 Å². The number of rotatable bonds is 5. The summed E-state index contributed by atoms with van der Waals surface area (Å²) in [6.45, 7) is 7.97. The van der Waals surface area contributed by atoms with Gasteiger partial charge < -0.3 is 4.74 Å². The van der Waals surface area contributed by atoms with Gasteiger partial charge in [0, 0.05) is 23.3 Å². The molecule has 3 nitrogen and oxygen atoms in total. The highest BCUT2D eigenvalue weighted by Crippen LogP contribution is 2.22. The maximum absolute atomic E-state index is 5.67. The summed E-state index contributed by atoms with van der Waals surface area (Å²) in [6, 6.07) is 8.09. The highest BCUT2D eigenvalue weighted by atomic mass is 16.5. The van der Waals surface area contributed by atoms with Crippen LogP contribution in [0, 0.1) is 13.8 Å². The second kappa shape index (κ2) is 6.66. The molecule has 102 valence electrons. The summed E-state index contributed by atoms with van der Waals surface area (Å²) in [7, 11) is 0. The van der Waals surface area contributed by atoms with E-state index in [1.165, 1.54) is 10.9 Å². The van der Waals surface area contributed by atoms with Crippen LogP contribution in [0.1, 0.15) is 11.3 Å². The van der Waals surface area contributed by atoms with Crippen molar-refractivity contribution in [1.82, 2.24) is 4.98 Å². The number of nitrogens with zero attached hydrogens (tertiary/aromatic N) is 2. The van der Waals surface area contributed by atoms with Crippen LogP contribution in [-0.2, 0) is 0 Å². The number of pyridine rings is 1. The molecular weight excluding hydrogens is 248 g/mol. The van der Waals surface area contributed by atoms with E-state index in [0.717, 1.165) is 17.0 Å². The Kier molecular flexibility index (Phi) is 4.66. The van der Waals surface area contributed by atoms with Crippen LogP contribution in [0.15, 0.2) is 53.7 Å². The average molecular weight is 266 g/mol. The van der Waals surface area contributed by atoms with Crippen molar-refractivity contribution in [2.45, 2.75) is 13.8 Å². The number of aromatic nitrogens is 1. The number of aryl methyl sites for hydroxylation is 2. The molecule has 2 rings (SSSR count). The molecule has 0 amide bonds. The van der Waals surface area contributed by atoms with E-state index in [-0.39, 0.29) is 0 Å². The minimum atomic E-state index is 0.512. The van der Waals surface area contributed by atoms with E-state index in [1.807, 2.05) is 37.3 Å². The molecule has 0 saturated carbocycles. The first-order valence-corrected chi connectivity index (χ1v) is 6.49. The van der Waals surface area contributed by atoms with E-state index in [0.29, 0.717) is 6.61 Å². The molecule has 0 radical (unpaired) electrons. The van der Waals surface area contributed by atoms with Gasteiger partial charge in [-0.3, -0.25) is 9.98 Å². The molecule has 2 aromatic rings. The Labute approximate surface area is 119 Å². The Bertz CT molecular complexity index is 672. The Morgan fingerprint density at radius 3 is 2.90 bits per heavy atom. The fourth-order valence-electron chi connectivity index (χ4n) is 2.03. The normalized spacial score (nSPS) is 11.5. The number of benzene rings is 1. The summed E-state index contributed by atoms with van der Waals surface area (Å²) in [5, 5.41) is 1.17. The van der Waals surface area contributed by atoms with Crippen LogP contribution in [0.25, 0.3) is 10.9 Å². The predicted molar refractivity (Wildman–Crippen MR) is 84.5 cm³/mol. The summed E-state index contributed by atoms with van der Waals surface area (Å²) in [4.78, 5) is 8.15. The van der Waals surface area contributed by atoms with Crippen molar-refractivity contribution < 1.29 is 4.74 Å². The molecule has 0 unspecified atom stereocenters. The Hall–Kier alpha value is -2.42. The van der Waals surface area contributed by atoms with Crippen molar-refractivity contribution in [1.29, 1.82) is 0 Å². The van der Waals surface area contributed by atoms with Gasteiger partial charge in [-0.05, 0) is 56.5 Å². The third-order valence-corrected chi connectivity index (χ3v) is 2.90. The number of allylic oxidation sites excluding steroid dienone is 2. The molecule has 20 heavy (non-hydrogen) atoms. The predicted octanol–water partition coefficient (Wildman–Crippen LogP) is 4.00. The fraction of sp³-hybridized carbons (Fsp3) is 0.176. The molecule has 0 N–H and O–H groups in total. The van der Waals surface area contributed by atoms with Crippen LogP contribution < -0.4 is 4.74 Å². The number of aliphatic imine (C=N–C) groups is 1. The number of hydrogen-bond donors (Lipinski definition) is 0. The highest BCUT2D eigenvalue weighted by molar-refractivity contribution is 5.83. The topological polar surface area (TPSA) is 34.5 Å². The maximum Gasteiger partial charge on any atom is 0.121 e. The molecule has 0 spiro atoms. The third kappa shape index (κ3) is 3.54. The van der Waals surface area contributed by atoms with Gasteiger partial charge in [-0.15, -0.1) is 0 Å². The van der Waals surface area contributed by atoms with Crippen LogP contribution in [-0.4, -0.2) is 18.3 Å². The summed E-state index contributed by atoms with van der Waals surface area (Å²) >= 11 is 0. The minimum absolute atomic E-state index is 0.512. The largest absolute Gasteiger partial charge is 0.489 e. The lowest BCUT2D eigenvalue weighted by atomic mass is 10.1. The van der Waals surface area contributed by atoms with E-state index < -0.39 is 0 Å². The fourth-order valence-corrected chi connectivity index (χ4v) is 2.03. The Balaban J connectivity index is 2.10. The van der Waals surface area contributed by atoms with Crippen LogP contribution in [0.4, 0.5) is 0 Å². The summed E-state index contributed by atoms with van der Waals surface area (Å²) in [5.74, 6) is 0.825. The lowest BCUT2D eigenvalue weighted by molar-refractivity contribution is 0.363. The molecule has 0 atom stereocenters. The summed E-state index contributed by atoms with van der Waals surface area (Å²) in [6.07, 6.45) is 7.23. The molecule has 1 aromatic heterocycles. The molecule has 0 aliphatic heterocycles. The van der Waals surface area contributed by atoms with E-state index in [9.17, 15) is 0 Å². The minimum Gasteiger partial charge on any atom is -0.489 e. The molecule has 1 aromatic carbocycles. The molecule has 3 heteroatoms. The van der Waals surface area contributed by atoms with Gasteiger partial charge in [0.2, 0.25) is 0 Å². The maximum atomic E-state index is 5.67. The third-order valence-electron chi connectivity index (χ3n) is 2.90. The van der Waals surface area contributed by atoms with E-state index in [1.54, 1.807) is 6.20 Å². The SMILES string of the molecule is C=N/C=C\C=C/COc1ccc2c(C)cc(C)nc2c1. The van der Waals surface area contributed by atoms with Gasteiger partial charge in [0.1, 0.15) is 12.4 Å². The molecule has 0 fully saturated rings. The van der Waals surface area contributed by atoms with Gasteiger partial charge >= 0.3 is 0 Å². The summed E-state index contributed by atoms with van der Waals surface area (Å²) < 4.78 is 5.67. The standard InChI is InChI=1S/C17H18N2O/c1-13-11-14(2)19-17-12-15(7-8-16(13)17)20-10-6-4-5-9-18-3/h4-9,11-12H,3,10H2,1-2H3/b6-4-,9-5-. The van der Waals surface area contributed by atoms with Crippen molar-refractivity contribution in [2.24, 2.45) is 4.99 Å². The van der Waals surface area contributed by atoms with Gasteiger partial charge in [-0.1, -0.05) is 6.08 Å². The van der Waals surface area contributed by atoms with Crippen molar-refractivity contribution in [3.05, 3.63) is 60.0 Å². The van der Waals surface area contributed by atoms with Crippen LogP contribution in [0.2, 0.25) is 0 Å². The zero-order valence-corrected chi connectivity index (χ0v) is 11.8. The molecule has 0 bridgehead atoms. The van der Waals surface area contributed by atoms with Gasteiger partial charge in [-0.25, -0.2) is 0 Å². The van der Waals surface area contributed by atoms with E-state index >= 15 is 0 Å². The molecule has 0 aliphatic rings. The first-order chi connectivity index (χ1) is 9.70. The quantitative estimate of drug-likeness (QED) is 0.605. The molecule has 0 aliphatic carbocycles. The smallest absolute Gasteiger partial charge is 0.121 e. The van der Waals surface area contributed by atoms with Crippen molar-refractivity contribution >= 4 is 17.6 Å². The first kappa shape index (κ1) is 14.0. The van der Waals surface area contributed by atoms with Crippen molar-refractivity contribution in [3.63, 3.8) is 0 Å². The summed E-state index contributed by atoms with van der Waals surface area (Å²) in [5.41, 5.74) is 3.23. The number of hydrogen-bond acceptors (Lipinski definition) is 3.